The van der Waals surface area contributed by atoms with Gasteiger partial charge in [0.2, 0.25) is 5.75 Å². The molecule has 1 heterocycles. The van der Waals surface area contributed by atoms with Crippen LogP contribution in [0.3, 0.4) is 0 Å². The van der Waals surface area contributed by atoms with Gasteiger partial charge >= 0.3 is 0 Å². The number of carbonyl (C=O) groups is 1. The van der Waals surface area contributed by atoms with E-state index in [1.165, 1.54) is 27.4 Å². The van der Waals surface area contributed by atoms with E-state index in [-0.39, 0.29) is 46.7 Å². The molecule has 1 aliphatic heterocycles. The van der Waals surface area contributed by atoms with Crippen LogP contribution in [0.15, 0.2) is 18.2 Å². The van der Waals surface area contributed by atoms with Crippen LogP contribution >= 0.6 is 0 Å². The Hall–Kier alpha value is -3.09. The van der Waals surface area contributed by atoms with E-state index >= 15 is 0 Å². The molecule has 0 amide bonds. The number of hydrogen-bond acceptors (Lipinski definition) is 7. The predicted molar refractivity (Wildman–Crippen MR) is 97.6 cm³/mol. The number of methoxy groups -OCH3 is 3. The lowest BCUT2D eigenvalue weighted by atomic mass is 9.87. The van der Waals surface area contributed by atoms with Gasteiger partial charge < -0.3 is 29.2 Å². The quantitative estimate of drug-likeness (QED) is 0.831. The molecule has 7 nitrogen and oxygen atoms in total. The molecule has 0 unspecified atom stereocenters. The minimum atomic E-state index is -0.514. The third-order valence-electron chi connectivity index (χ3n) is 4.78. The minimum absolute atomic E-state index is 0.0550. The summed E-state index contributed by atoms with van der Waals surface area (Å²) < 4.78 is 21.5. The molecular weight excluding hydrogens is 352 g/mol. The Morgan fingerprint density at radius 3 is 2.41 bits per heavy atom. The zero-order valence-electron chi connectivity index (χ0n) is 15.7. The van der Waals surface area contributed by atoms with Crippen molar-refractivity contribution >= 4 is 5.78 Å². The van der Waals surface area contributed by atoms with Crippen molar-refractivity contribution in [2.45, 2.75) is 13.3 Å². The van der Waals surface area contributed by atoms with Crippen LogP contribution in [-0.4, -0.2) is 43.9 Å². The summed E-state index contributed by atoms with van der Waals surface area (Å²) in [6.07, 6.45) is 0.291. The SMILES string of the molecule is COc1ccc(C[C@H]2COc3c(OC)c(O)c(C)c(OC)c3C2=O)c(O)c1. The molecule has 0 radical (unpaired) electrons. The van der Waals surface area contributed by atoms with Gasteiger partial charge in [0.05, 0.1) is 33.9 Å². The zero-order chi connectivity index (χ0) is 19.7. The topological polar surface area (TPSA) is 94.5 Å². The lowest BCUT2D eigenvalue weighted by molar-refractivity contribution is 0.0819. The fourth-order valence-electron chi connectivity index (χ4n) is 3.32. The van der Waals surface area contributed by atoms with Crippen molar-refractivity contribution in [2.24, 2.45) is 5.92 Å². The lowest BCUT2D eigenvalue weighted by Gasteiger charge is -2.28. The van der Waals surface area contributed by atoms with E-state index in [9.17, 15) is 15.0 Å². The second-order valence-corrected chi connectivity index (χ2v) is 6.32. The highest BCUT2D eigenvalue weighted by Gasteiger charge is 2.37. The van der Waals surface area contributed by atoms with Crippen LogP contribution in [0.4, 0.5) is 0 Å². The summed E-state index contributed by atoms with van der Waals surface area (Å²) in [4.78, 5) is 13.2. The Morgan fingerprint density at radius 2 is 1.81 bits per heavy atom. The van der Waals surface area contributed by atoms with Crippen molar-refractivity contribution < 1.29 is 34.0 Å². The van der Waals surface area contributed by atoms with Gasteiger partial charge in [-0.25, -0.2) is 0 Å². The van der Waals surface area contributed by atoms with E-state index in [1.54, 1.807) is 19.1 Å². The van der Waals surface area contributed by atoms with Crippen molar-refractivity contribution in [1.29, 1.82) is 0 Å². The number of aromatic hydroxyl groups is 2. The Bertz CT molecular complexity index is 889. The number of hydrogen-bond donors (Lipinski definition) is 2. The van der Waals surface area contributed by atoms with E-state index in [1.807, 2.05) is 0 Å². The molecule has 1 aliphatic rings. The molecule has 2 aromatic rings. The molecule has 1 atom stereocenters. The first-order valence-corrected chi connectivity index (χ1v) is 8.43. The molecule has 0 aliphatic carbocycles. The molecule has 0 aromatic heterocycles. The number of phenols is 2. The maximum Gasteiger partial charge on any atom is 0.204 e. The Morgan fingerprint density at radius 1 is 1.11 bits per heavy atom. The molecule has 0 saturated heterocycles. The van der Waals surface area contributed by atoms with Crippen LogP contribution in [0.5, 0.6) is 34.5 Å². The van der Waals surface area contributed by atoms with Gasteiger partial charge in [-0.3, -0.25) is 4.79 Å². The lowest BCUT2D eigenvalue weighted by Crippen LogP contribution is -2.30. The fourth-order valence-corrected chi connectivity index (χ4v) is 3.32. The van der Waals surface area contributed by atoms with Gasteiger partial charge in [0, 0.05) is 11.6 Å². The molecule has 2 N–H and O–H groups in total. The van der Waals surface area contributed by atoms with E-state index < -0.39 is 5.92 Å². The summed E-state index contributed by atoms with van der Waals surface area (Å²) in [5.74, 6) is 0.318. The van der Waals surface area contributed by atoms with Crippen LogP contribution < -0.4 is 18.9 Å². The molecular formula is C20H22O7. The summed E-state index contributed by atoms with van der Waals surface area (Å²) in [7, 11) is 4.35. The molecule has 0 saturated carbocycles. The molecule has 3 rings (SSSR count). The minimum Gasteiger partial charge on any atom is -0.508 e. The average Bonchev–Trinajstić information content (AvgIpc) is 2.67. The Labute approximate surface area is 157 Å². The summed E-state index contributed by atoms with van der Waals surface area (Å²) >= 11 is 0. The first-order valence-electron chi connectivity index (χ1n) is 8.43. The molecule has 0 bridgehead atoms. The number of benzene rings is 2. The molecule has 27 heavy (non-hydrogen) atoms. The Kier molecular flexibility index (Phi) is 5.03. The van der Waals surface area contributed by atoms with Crippen molar-refractivity contribution in [1.82, 2.24) is 0 Å². The normalized spacial score (nSPS) is 15.7. The maximum atomic E-state index is 13.2. The van der Waals surface area contributed by atoms with Crippen molar-refractivity contribution in [3.63, 3.8) is 0 Å². The fraction of sp³-hybridized carbons (Fsp3) is 0.350. The van der Waals surface area contributed by atoms with Gasteiger partial charge in [-0.05, 0) is 25.0 Å². The van der Waals surface area contributed by atoms with Gasteiger partial charge in [0.15, 0.2) is 17.3 Å². The van der Waals surface area contributed by atoms with Crippen molar-refractivity contribution in [3.8, 4) is 34.5 Å². The van der Waals surface area contributed by atoms with Gasteiger partial charge in [0.1, 0.15) is 22.8 Å². The molecule has 0 fully saturated rings. The standard InChI is InChI=1S/C20H22O7/c1-10-16(22)20(26-4)19-15(18(10)25-3)17(23)12(9-27-19)7-11-5-6-13(24-2)8-14(11)21/h5-6,8,12,21-22H,7,9H2,1-4H3/t12-/m0/s1. The van der Waals surface area contributed by atoms with E-state index in [2.05, 4.69) is 0 Å². The average molecular weight is 374 g/mol. The third-order valence-corrected chi connectivity index (χ3v) is 4.78. The van der Waals surface area contributed by atoms with Crippen LogP contribution in [0, 0.1) is 12.8 Å². The Balaban J connectivity index is 2.00. The van der Waals surface area contributed by atoms with Gasteiger partial charge in [-0.1, -0.05) is 6.07 Å². The highest BCUT2D eigenvalue weighted by molar-refractivity contribution is 6.05. The van der Waals surface area contributed by atoms with Crippen molar-refractivity contribution in [3.05, 3.63) is 34.9 Å². The number of rotatable bonds is 5. The van der Waals surface area contributed by atoms with E-state index in [4.69, 9.17) is 18.9 Å². The number of fused-ring (bicyclic) bond motifs is 1. The van der Waals surface area contributed by atoms with Crippen molar-refractivity contribution in [2.75, 3.05) is 27.9 Å². The second kappa shape index (κ2) is 7.26. The number of ether oxygens (including phenoxy) is 4. The van der Waals surface area contributed by atoms with E-state index in [0.29, 0.717) is 23.3 Å². The number of ketones is 1. The highest BCUT2D eigenvalue weighted by Crippen LogP contribution is 2.50. The summed E-state index contributed by atoms with van der Waals surface area (Å²) in [6.45, 7) is 1.74. The molecule has 7 heteroatoms. The molecule has 144 valence electrons. The van der Waals surface area contributed by atoms with Crippen LogP contribution in [0.1, 0.15) is 21.5 Å². The monoisotopic (exact) mass is 374 g/mol. The number of Topliss-reactive ketones (excluding diaryl/α,β-unsaturated/α-hetero) is 1. The van der Waals surface area contributed by atoms with Gasteiger partial charge in [0.25, 0.3) is 0 Å². The number of phenolic OH excluding ortho intramolecular Hbond substituents is 2. The summed E-state index contributed by atoms with van der Waals surface area (Å²) in [6, 6.07) is 4.95. The predicted octanol–water partition coefficient (Wildman–Crippen LogP) is 2.87. The summed E-state index contributed by atoms with van der Waals surface area (Å²) in [5.41, 5.74) is 1.26. The smallest absolute Gasteiger partial charge is 0.204 e. The van der Waals surface area contributed by atoms with Crippen LogP contribution in [-0.2, 0) is 6.42 Å². The third kappa shape index (κ3) is 3.09. The highest BCUT2D eigenvalue weighted by atomic mass is 16.5. The maximum absolute atomic E-state index is 13.2. The first kappa shape index (κ1) is 18.7. The molecule has 0 spiro atoms. The summed E-state index contributed by atoms with van der Waals surface area (Å²) in [5, 5.41) is 20.5. The van der Waals surface area contributed by atoms with E-state index in [0.717, 1.165) is 0 Å². The largest absolute Gasteiger partial charge is 0.508 e. The van der Waals surface area contributed by atoms with Gasteiger partial charge in [-0.15, -0.1) is 0 Å². The van der Waals surface area contributed by atoms with Crippen LogP contribution in [0.2, 0.25) is 0 Å². The van der Waals surface area contributed by atoms with Gasteiger partial charge in [-0.2, -0.15) is 0 Å². The van der Waals surface area contributed by atoms with Crippen LogP contribution in [0.25, 0.3) is 0 Å². The molecule has 2 aromatic carbocycles. The second-order valence-electron chi connectivity index (χ2n) is 6.32. The zero-order valence-corrected chi connectivity index (χ0v) is 15.7. The number of carbonyl (C=O) groups excluding carboxylic acids is 1. The first-order chi connectivity index (χ1) is 12.9.